The first-order valence-electron chi connectivity index (χ1n) is 6.05. The number of nitrogens with zero attached hydrogens (tertiary/aromatic N) is 1. The summed E-state index contributed by atoms with van der Waals surface area (Å²) in [7, 11) is 0. The third kappa shape index (κ3) is 1.96. The summed E-state index contributed by atoms with van der Waals surface area (Å²) in [6, 6.07) is 11.9. The van der Waals surface area contributed by atoms with Gasteiger partial charge in [0, 0.05) is 6.20 Å². The number of hydrogen-bond donors (Lipinski definition) is 1. The third-order valence-corrected chi connectivity index (χ3v) is 3.41. The Morgan fingerprint density at radius 3 is 2.76 bits per heavy atom. The van der Waals surface area contributed by atoms with Crippen LogP contribution in [-0.4, -0.2) is 10.1 Å². The monoisotopic (exact) mass is 225 g/mol. The molecule has 0 unspecified atom stereocenters. The predicted octanol–water partition coefficient (Wildman–Crippen LogP) is 2.65. The molecular formula is C15H15NO. The fourth-order valence-corrected chi connectivity index (χ4v) is 2.47. The molecule has 2 heteroatoms. The largest absolute Gasteiger partial charge is 0.382 e. The van der Waals surface area contributed by atoms with E-state index in [9.17, 15) is 5.11 Å². The number of hydrogen-bond acceptors (Lipinski definition) is 2. The topological polar surface area (TPSA) is 33.1 Å². The summed E-state index contributed by atoms with van der Waals surface area (Å²) >= 11 is 0. The predicted molar refractivity (Wildman–Crippen MR) is 66.8 cm³/mol. The Kier molecular flexibility index (Phi) is 2.65. The Labute approximate surface area is 101 Å². The highest BCUT2D eigenvalue weighted by Crippen LogP contribution is 2.27. The van der Waals surface area contributed by atoms with Crippen molar-refractivity contribution in [3.63, 3.8) is 0 Å². The van der Waals surface area contributed by atoms with Crippen LogP contribution in [0.3, 0.4) is 0 Å². The molecule has 1 atom stereocenters. The van der Waals surface area contributed by atoms with E-state index in [2.05, 4.69) is 17.1 Å². The minimum absolute atomic E-state index is 0.609. The highest BCUT2D eigenvalue weighted by atomic mass is 16.3. The summed E-state index contributed by atoms with van der Waals surface area (Å²) in [5, 5.41) is 10.3. The molecule has 0 fully saturated rings. The lowest BCUT2D eigenvalue weighted by Gasteiger charge is -2.11. The standard InChI is InChI=1S/C15H15NO/c17-15(14-6-1-2-9-16-14)13-8-7-11-4-3-5-12(11)10-13/h1-2,6-10,15,17H,3-5H2/t15-/m0/s1. The third-order valence-electron chi connectivity index (χ3n) is 3.41. The van der Waals surface area contributed by atoms with E-state index in [1.54, 1.807) is 6.20 Å². The van der Waals surface area contributed by atoms with Crippen LogP contribution in [-0.2, 0) is 12.8 Å². The van der Waals surface area contributed by atoms with Crippen LogP contribution >= 0.6 is 0 Å². The molecule has 0 bridgehead atoms. The van der Waals surface area contributed by atoms with Gasteiger partial charge < -0.3 is 5.11 Å². The maximum Gasteiger partial charge on any atom is 0.121 e. The zero-order chi connectivity index (χ0) is 11.7. The van der Waals surface area contributed by atoms with Gasteiger partial charge >= 0.3 is 0 Å². The molecule has 1 heterocycles. The fraction of sp³-hybridized carbons (Fsp3) is 0.267. The van der Waals surface area contributed by atoms with Gasteiger partial charge in [0.25, 0.3) is 0 Å². The van der Waals surface area contributed by atoms with E-state index >= 15 is 0 Å². The number of rotatable bonds is 2. The van der Waals surface area contributed by atoms with Gasteiger partial charge in [0.1, 0.15) is 6.10 Å². The zero-order valence-electron chi connectivity index (χ0n) is 9.63. The first kappa shape index (κ1) is 10.5. The molecule has 2 nitrogen and oxygen atoms in total. The van der Waals surface area contributed by atoms with E-state index in [1.165, 1.54) is 24.0 Å². The van der Waals surface area contributed by atoms with Gasteiger partial charge in [-0.05, 0) is 48.1 Å². The summed E-state index contributed by atoms with van der Waals surface area (Å²) in [6.45, 7) is 0. The van der Waals surface area contributed by atoms with Gasteiger partial charge in [-0.2, -0.15) is 0 Å². The second-order valence-electron chi connectivity index (χ2n) is 4.54. The summed E-state index contributed by atoms with van der Waals surface area (Å²) < 4.78 is 0. The minimum Gasteiger partial charge on any atom is -0.382 e. The molecule has 2 aromatic rings. The first-order valence-corrected chi connectivity index (χ1v) is 6.05. The quantitative estimate of drug-likeness (QED) is 0.852. The van der Waals surface area contributed by atoms with Crippen molar-refractivity contribution >= 4 is 0 Å². The number of aliphatic hydroxyl groups is 1. The normalized spacial score (nSPS) is 15.6. The van der Waals surface area contributed by atoms with Gasteiger partial charge in [-0.25, -0.2) is 0 Å². The average Bonchev–Trinajstić information content (AvgIpc) is 2.86. The number of aryl methyl sites for hydroxylation is 2. The molecule has 0 aliphatic heterocycles. The van der Waals surface area contributed by atoms with Crippen LogP contribution in [0.1, 0.15) is 34.9 Å². The molecule has 17 heavy (non-hydrogen) atoms. The van der Waals surface area contributed by atoms with E-state index < -0.39 is 6.10 Å². The molecule has 0 saturated carbocycles. The number of pyridine rings is 1. The Morgan fingerprint density at radius 1 is 1.06 bits per heavy atom. The van der Waals surface area contributed by atoms with Crippen molar-refractivity contribution in [3.05, 3.63) is 65.0 Å². The Morgan fingerprint density at radius 2 is 1.94 bits per heavy atom. The number of fused-ring (bicyclic) bond motifs is 1. The Hall–Kier alpha value is -1.67. The maximum absolute atomic E-state index is 10.3. The molecule has 0 spiro atoms. The number of aromatic nitrogens is 1. The Bertz CT molecular complexity index is 522. The molecule has 1 aliphatic carbocycles. The van der Waals surface area contributed by atoms with Crippen molar-refractivity contribution < 1.29 is 5.11 Å². The van der Waals surface area contributed by atoms with Crippen molar-refractivity contribution in [1.82, 2.24) is 4.98 Å². The van der Waals surface area contributed by atoms with Crippen LogP contribution in [0.15, 0.2) is 42.6 Å². The highest BCUT2D eigenvalue weighted by Gasteiger charge is 2.16. The number of aliphatic hydroxyl groups excluding tert-OH is 1. The SMILES string of the molecule is O[C@@H](c1ccc2c(c1)CCC2)c1ccccn1. The summed E-state index contributed by atoms with van der Waals surface area (Å²) in [5.41, 5.74) is 4.48. The summed E-state index contributed by atoms with van der Waals surface area (Å²) in [6.07, 6.45) is 4.65. The Balaban J connectivity index is 1.94. The van der Waals surface area contributed by atoms with Gasteiger partial charge in [0.2, 0.25) is 0 Å². The molecular weight excluding hydrogens is 210 g/mol. The van der Waals surface area contributed by atoms with E-state index in [1.807, 2.05) is 24.3 Å². The second kappa shape index (κ2) is 4.30. The maximum atomic E-state index is 10.3. The van der Waals surface area contributed by atoms with Crippen LogP contribution in [0, 0.1) is 0 Å². The first-order chi connectivity index (χ1) is 8.34. The zero-order valence-corrected chi connectivity index (χ0v) is 9.63. The summed E-state index contributed by atoms with van der Waals surface area (Å²) in [4.78, 5) is 4.20. The van der Waals surface area contributed by atoms with Gasteiger partial charge in [0.05, 0.1) is 5.69 Å². The van der Waals surface area contributed by atoms with Gasteiger partial charge in [0.15, 0.2) is 0 Å². The van der Waals surface area contributed by atoms with Crippen LogP contribution in [0.25, 0.3) is 0 Å². The molecule has 0 amide bonds. The van der Waals surface area contributed by atoms with Crippen molar-refractivity contribution in [2.75, 3.05) is 0 Å². The van der Waals surface area contributed by atoms with Crippen molar-refractivity contribution in [2.24, 2.45) is 0 Å². The lowest BCUT2D eigenvalue weighted by atomic mass is 10.0. The van der Waals surface area contributed by atoms with E-state index in [0.29, 0.717) is 5.69 Å². The number of benzene rings is 1. The molecule has 0 saturated heterocycles. The van der Waals surface area contributed by atoms with E-state index in [4.69, 9.17) is 0 Å². The molecule has 0 radical (unpaired) electrons. The van der Waals surface area contributed by atoms with Crippen molar-refractivity contribution in [2.45, 2.75) is 25.4 Å². The molecule has 86 valence electrons. The fourth-order valence-electron chi connectivity index (χ4n) is 2.47. The molecule has 1 aromatic carbocycles. The molecule has 1 aromatic heterocycles. The van der Waals surface area contributed by atoms with Crippen molar-refractivity contribution in [1.29, 1.82) is 0 Å². The van der Waals surface area contributed by atoms with Crippen LogP contribution in [0.2, 0.25) is 0 Å². The molecule has 3 rings (SSSR count). The molecule has 1 N–H and O–H groups in total. The van der Waals surface area contributed by atoms with Gasteiger partial charge in [-0.15, -0.1) is 0 Å². The average molecular weight is 225 g/mol. The smallest absolute Gasteiger partial charge is 0.121 e. The van der Waals surface area contributed by atoms with Crippen LogP contribution < -0.4 is 0 Å². The van der Waals surface area contributed by atoms with E-state index in [-0.39, 0.29) is 0 Å². The van der Waals surface area contributed by atoms with Gasteiger partial charge in [-0.1, -0.05) is 24.3 Å². The van der Waals surface area contributed by atoms with Crippen molar-refractivity contribution in [3.8, 4) is 0 Å². The second-order valence-corrected chi connectivity index (χ2v) is 4.54. The van der Waals surface area contributed by atoms with Crippen LogP contribution in [0.5, 0.6) is 0 Å². The molecule has 1 aliphatic rings. The van der Waals surface area contributed by atoms with Crippen LogP contribution in [0.4, 0.5) is 0 Å². The lowest BCUT2D eigenvalue weighted by Crippen LogP contribution is -2.02. The summed E-state index contributed by atoms with van der Waals surface area (Å²) in [5.74, 6) is 0. The lowest BCUT2D eigenvalue weighted by molar-refractivity contribution is 0.215. The van der Waals surface area contributed by atoms with E-state index in [0.717, 1.165) is 12.0 Å². The highest BCUT2D eigenvalue weighted by molar-refractivity contribution is 5.38. The van der Waals surface area contributed by atoms with Gasteiger partial charge in [-0.3, -0.25) is 4.98 Å². The minimum atomic E-state index is -0.609.